The summed E-state index contributed by atoms with van der Waals surface area (Å²) in [5.74, 6) is 0.333. The van der Waals surface area contributed by atoms with Crippen molar-refractivity contribution in [2.75, 3.05) is 0 Å². The smallest absolute Gasteiger partial charge is 0.150 e. The summed E-state index contributed by atoms with van der Waals surface area (Å²) in [6.45, 7) is 10.6. The maximum Gasteiger partial charge on any atom is 0.150 e. The highest BCUT2D eigenvalue weighted by molar-refractivity contribution is 5.82. The summed E-state index contributed by atoms with van der Waals surface area (Å²) < 4.78 is 0. The number of benzene rings is 1. The van der Waals surface area contributed by atoms with Gasteiger partial charge in [0, 0.05) is 17.0 Å². The fraction of sp³-hybridized carbons (Fsp3) is 0.650. The van der Waals surface area contributed by atoms with Crippen molar-refractivity contribution in [2.45, 2.75) is 71.3 Å². The van der Waals surface area contributed by atoms with E-state index in [1.54, 1.807) is 0 Å². The molecule has 3 rings (SSSR count). The molecule has 2 aliphatic rings. The molecule has 1 fully saturated rings. The highest BCUT2D eigenvalue weighted by Crippen LogP contribution is 2.64. The molecule has 0 aromatic heterocycles. The Balaban J connectivity index is 2.33. The van der Waals surface area contributed by atoms with Crippen LogP contribution in [-0.4, -0.2) is 16.5 Å². The molecule has 0 aliphatic heterocycles. The van der Waals surface area contributed by atoms with Gasteiger partial charge in [-0.25, -0.2) is 0 Å². The summed E-state index contributed by atoms with van der Waals surface area (Å²) >= 11 is 0. The van der Waals surface area contributed by atoms with Crippen LogP contribution in [0.4, 0.5) is 0 Å². The van der Waals surface area contributed by atoms with E-state index in [9.17, 15) is 15.0 Å². The maximum absolute atomic E-state index is 11.8. The summed E-state index contributed by atoms with van der Waals surface area (Å²) in [7, 11) is 0. The van der Waals surface area contributed by atoms with E-state index >= 15 is 0 Å². The van der Waals surface area contributed by atoms with Crippen molar-refractivity contribution in [1.82, 2.24) is 0 Å². The minimum atomic E-state index is -0.706. The van der Waals surface area contributed by atoms with Crippen LogP contribution in [0, 0.1) is 11.3 Å². The number of hydrogen-bond acceptors (Lipinski definition) is 3. The Morgan fingerprint density at radius 1 is 1.26 bits per heavy atom. The SMILES string of the molecule is CC(C)c1cc(C=O)c2c(c1O)[C@H](O)[C@H]1C(C)(C)CCC[C@]21C. The number of phenolic OH excluding ortho intramolecular Hbond substituents is 1. The third-order valence-electron chi connectivity index (χ3n) is 6.37. The topological polar surface area (TPSA) is 57.5 Å². The Labute approximate surface area is 138 Å². The number of aromatic hydroxyl groups is 1. The second kappa shape index (κ2) is 5.07. The summed E-state index contributed by atoms with van der Waals surface area (Å²) in [6, 6.07) is 1.83. The zero-order valence-electron chi connectivity index (χ0n) is 14.8. The van der Waals surface area contributed by atoms with Gasteiger partial charge in [0.05, 0.1) is 6.10 Å². The first kappa shape index (κ1) is 16.5. The van der Waals surface area contributed by atoms with Crippen molar-refractivity contribution in [1.29, 1.82) is 0 Å². The normalized spacial score (nSPS) is 31.8. The maximum atomic E-state index is 11.8. The third kappa shape index (κ3) is 2.09. The van der Waals surface area contributed by atoms with Crippen LogP contribution in [0.5, 0.6) is 5.75 Å². The molecule has 126 valence electrons. The molecule has 3 heteroatoms. The number of aldehydes is 1. The predicted molar refractivity (Wildman–Crippen MR) is 91.0 cm³/mol. The van der Waals surface area contributed by atoms with E-state index in [1.807, 2.05) is 19.9 Å². The van der Waals surface area contributed by atoms with Gasteiger partial charge in [0.1, 0.15) is 12.0 Å². The Hall–Kier alpha value is -1.35. The molecular weight excluding hydrogens is 288 g/mol. The van der Waals surface area contributed by atoms with Crippen LogP contribution in [-0.2, 0) is 5.41 Å². The van der Waals surface area contributed by atoms with Crippen LogP contribution in [0.2, 0.25) is 0 Å². The largest absolute Gasteiger partial charge is 0.507 e. The molecule has 0 bridgehead atoms. The Morgan fingerprint density at radius 3 is 2.48 bits per heavy atom. The summed E-state index contributed by atoms with van der Waals surface area (Å²) in [5, 5.41) is 21.9. The molecule has 2 aliphatic carbocycles. The fourth-order valence-corrected chi connectivity index (χ4v) is 5.50. The molecule has 0 unspecified atom stereocenters. The van der Waals surface area contributed by atoms with Gasteiger partial charge in [-0.2, -0.15) is 0 Å². The Bertz CT molecular complexity index is 659. The molecule has 23 heavy (non-hydrogen) atoms. The van der Waals surface area contributed by atoms with Gasteiger partial charge in [-0.05, 0) is 46.8 Å². The summed E-state index contributed by atoms with van der Waals surface area (Å²) in [5.41, 5.74) is 2.63. The van der Waals surface area contributed by atoms with Crippen LogP contribution in [0.1, 0.15) is 93.0 Å². The molecule has 1 saturated carbocycles. The molecule has 0 heterocycles. The number of phenols is 1. The van der Waals surface area contributed by atoms with Crippen LogP contribution >= 0.6 is 0 Å². The van der Waals surface area contributed by atoms with E-state index in [0.29, 0.717) is 11.1 Å². The van der Waals surface area contributed by atoms with Crippen molar-refractivity contribution < 1.29 is 15.0 Å². The molecule has 0 amide bonds. The Kier molecular flexibility index (Phi) is 3.64. The summed E-state index contributed by atoms with van der Waals surface area (Å²) in [4.78, 5) is 11.8. The highest BCUT2D eigenvalue weighted by Gasteiger charge is 2.58. The monoisotopic (exact) mass is 316 g/mol. The first-order chi connectivity index (χ1) is 10.6. The van der Waals surface area contributed by atoms with Gasteiger partial charge in [-0.3, -0.25) is 4.79 Å². The molecular formula is C20H28O3. The second-order valence-electron chi connectivity index (χ2n) is 8.65. The number of carbonyl (C=O) groups excluding carboxylic acids is 1. The van der Waals surface area contributed by atoms with E-state index in [0.717, 1.165) is 36.7 Å². The van der Waals surface area contributed by atoms with Gasteiger partial charge in [-0.15, -0.1) is 0 Å². The first-order valence-electron chi connectivity index (χ1n) is 8.68. The van der Waals surface area contributed by atoms with Crippen molar-refractivity contribution in [3.05, 3.63) is 28.3 Å². The van der Waals surface area contributed by atoms with Crippen LogP contribution in [0.3, 0.4) is 0 Å². The highest BCUT2D eigenvalue weighted by atomic mass is 16.3. The Morgan fingerprint density at radius 2 is 1.91 bits per heavy atom. The van der Waals surface area contributed by atoms with E-state index < -0.39 is 6.10 Å². The number of fused-ring (bicyclic) bond motifs is 3. The molecule has 3 nitrogen and oxygen atoms in total. The number of carbonyl (C=O) groups is 1. The zero-order valence-corrected chi connectivity index (χ0v) is 14.8. The van der Waals surface area contributed by atoms with Crippen molar-refractivity contribution in [3.63, 3.8) is 0 Å². The molecule has 0 spiro atoms. The third-order valence-corrected chi connectivity index (χ3v) is 6.37. The first-order valence-corrected chi connectivity index (χ1v) is 8.68. The van der Waals surface area contributed by atoms with Gasteiger partial charge in [0.25, 0.3) is 0 Å². The average molecular weight is 316 g/mol. The fourth-order valence-electron chi connectivity index (χ4n) is 5.50. The molecule has 0 radical (unpaired) electrons. The van der Waals surface area contributed by atoms with Crippen LogP contribution in [0.15, 0.2) is 6.07 Å². The van der Waals surface area contributed by atoms with Gasteiger partial charge in [-0.1, -0.05) is 41.0 Å². The molecule has 1 aromatic carbocycles. The second-order valence-corrected chi connectivity index (χ2v) is 8.65. The molecule has 2 N–H and O–H groups in total. The number of rotatable bonds is 2. The summed E-state index contributed by atoms with van der Waals surface area (Å²) in [6.07, 6.45) is 3.28. The van der Waals surface area contributed by atoms with Gasteiger partial charge in [0.15, 0.2) is 0 Å². The molecule has 1 aromatic rings. The lowest BCUT2D eigenvalue weighted by Crippen LogP contribution is -2.44. The average Bonchev–Trinajstić information content (AvgIpc) is 2.69. The molecule has 0 saturated heterocycles. The number of aliphatic hydroxyl groups excluding tert-OH is 1. The van der Waals surface area contributed by atoms with Crippen LogP contribution in [0.25, 0.3) is 0 Å². The molecule has 3 atom stereocenters. The predicted octanol–water partition coefficient (Wildman–Crippen LogP) is 4.46. The van der Waals surface area contributed by atoms with Crippen molar-refractivity contribution in [2.24, 2.45) is 11.3 Å². The van der Waals surface area contributed by atoms with Gasteiger partial charge in [0.2, 0.25) is 0 Å². The van der Waals surface area contributed by atoms with Crippen molar-refractivity contribution >= 4 is 6.29 Å². The quantitative estimate of drug-likeness (QED) is 0.792. The van der Waals surface area contributed by atoms with E-state index in [-0.39, 0.29) is 28.4 Å². The van der Waals surface area contributed by atoms with E-state index in [2.05, 4.69) is 20.8 Å². The van der Waals surface area contributed by atoms with Gasteiger partial charge >= 0.3 is 0 Å². The van der Waals surface area contributed by atoms with Crippen LogP contribution < -0.4 is 0 Å². The minimum Gasteiger partial charge on any atom is -0.507 e. The van der Waals surface area contributed by atoms with Gasteiger partial charge < -0.3 is 10.2 Å². The standard InChI is InChI=1S/C20H28O3/c1-11(2)13-9-12(10-21)15-14(16(13)22)17(23)18-19(3,4)7-6-8-20(15,18)5/h9-11,17-18,22-23H,6-8H2,1-5H3/t17-,18-,20+/m0/s1. The number of hydrogen-bond donors (Lipinski definition) is 2. The lowest BCUT2D eigenvalue weighted by atomic mass is 9.56. The minimum absolute atomic E-state index is 0.0178. The van der Waals surface area contributed by atoms with E-state index in [1.165, 1.54) is 0 Å². The number of aliphatic hydroxyl groups is 1. The lowest BCUT2D eigenvalue weighted by molar-refractivity contribution is -0.0278. The van der Waals surface area contributed by atoms with Crippen molar-refractivity contribution in [3.8, 4) is 5.75 Å². The lowest BCUT2D eigenvalue weighted by Gasteiger charge is -2.48. The van der Waals surface area contributed by atoms with E-state index in [4.69, 9.17) is 0 Å². The zero-order chi connectivity index (χ0) is 17.2.